The van der Waals surface area contributed by atoms with Gasteiger partial charge in [-0.15, -0.1) is 0 Å². The van der Waals surface area contributed by atoms with Gasteiger partial charge < -0.3 is 14.8 Å². The fraction of sp³-hybridized carbons (Fsp3) is 0.200. The molecule has 27 heavy (non-hydrogen) atoms. The van der Waals surface area contributed by atoms with Crippen molar-refractivity contribution >= 4 is 34.7 Å². The minimum atomic E-state index is -0.425. The second kappa shape index (κ2) is 7.72. The summed E-state index contributed by atoms with van der Waals surface area (Å²) in [5.41, 5.74) is 1.57. The molecule has 7 heteroatoms. The Kier molecular flexibility index (Phi) is 5.37. The average Bonchev–Trinajstić information content (AvgIpc) is 2.87. The van der Waals surface area contributed by atoms with Crippen LogP contribution in [0.15, 0.2) is 48.2 Å². The fourth-order valence-electron chi connectivity index (χ4n) is 2.82. The van der Waals surface area contributed by atoms with Crippen molar-refractivity contribution in [3.63, 3.8) is 0 Å². The lowest BCUT2D eigenvalue weighted by molar-refractivity contribution is -0.135. The monoisotopic (exact) mass is 386 g/mol. The quantitative estimate of drug-likeness (QED) is 0.769. The van der Waals surface area contributed by atoms with E-state index in [0.29, 0.717) is 34.4 Å². The van der Waals surface area contributed by atoms with Crippen LogP contribution in [0.3, 0.4) is 0 Å². The topological polar surface area (TPSA) is 67.9 Å². The molecule has 0 spiro atoms. The van der Waals surface area contributed by atoms with Crippen LogP contribution < -0.4 is 14.8 Å². The van der Waals surface area contributed by atoms with Crippen LogP contribution in [0.4, 0.5) is 5.69 Å². The number of rotatable bonds is 6. The van der Waals surface area contributed by atoms with Crippen LogP contribution in [0.5, 0.6) is 11.5 Å². The highest BCUT2D eigenvalue weighted by Gasteiger charge is 2.37. The van der Waals surface area contributed by atoms with Crippen molar-refractivity contribution in [1.29, 1.82) is 0 Å². The van der Waals surface area contributed by atoms with E-state index in [4.69, 9.17) is 21.1 Å². The summed E-state index contributed by atoms with van der Waals surface area (Å²) in [7, 11) is 2.97. The van der Waals surface area contributed by atoms with Crippen molar-refractivity contribution in [2.75, 3.05) is 26.1 Å². The van der Waals surface area contributed by atoms with Gasteiger partial charge in [0.15, 0.2) is 0 Å². The molecule has 0 unspecified atom stereocenters. The summed E-state index contributed by atoms with van der Waals surface area (Å²) in [5.74, 6) is 0.393. The maximum atomic E-state index is 12.7. The lowest BCUT2D eigenvalue weighted by Gasteiger charge is -2.13. The number of carbonyl (C=O) groups excluding carboxylic acids is 2. The van der Waals surface area contributed by atoms with Gasteiger partial charge in [-0.05, 0) is 42.8 Å². The Morgan fingerprint density at radius 2 is 1.78 bits per heavy atom. The number of imide groups is 1. The Morgan fingerprint density at radius 3 is 2.41 bits per heavy atom. The van der Waals surface area contributed by atoms with E-state index in [1.54, 1.807) is 42.5 Å². The van der Waals surface area contributed by atoms with E-state index in [-0.39, 0.29) is 17.2 Å². The predicted molar refractivity (Wildman–Crippen MR) is 104 cm³/mol. The van der Waals surface area contributed by atoms with E-state index in [1.165, 1.54) is 14.2 Å². The summed E-state index contributed by atoms with van der Waals surface area (Å²) in [6.07, 6.45) is 0. The third-order valence-corrected chi connectivity index (χ3v) is 4.40. The third kappa shape index (κ3) is 3.61. The molecule has 2 aromatic carbocycles. The second-order valence-corrected chi connectivity index (χ2v) is 6.28. The van der Waals surface area contributed by atoms with E-state index >= 15 is 0 Å². The number of halogens is 1. The summed E-state index contributed by atoms with van der Waals surface area (Å²) in [4.78, 5) is 26.4. The van der Waals surface area contributed by atoms with E-state index in [9.17, 15) is 9.59 Å². The summed E-state index contributed by atoms with van der Waals surface area (Å²) < 4.78 is 10.7. The number of methoxy groups -OCH3 is 1. The molecule has 140 valence electrons. The van der Waals surface area contributed by atoms with Crippen molar-refractivity contribution in [3.05, 3.63) is 58.7 Å². The first-order chi connectivity index (χ1) is 13.0. The van der Waals surface area contributed by atoms with Gasteiger partial charge in [-0.2, -0.15) is 0 Å². The second-order valence-electron chi connectivity index (χ2n) is 5.85. The van der Waals surface area contributed by atoms with E-state index in [0.717, 1.165) is 4.90 Å². The van der Waals surface area contributed by atoms with Crippen molar-refractivity contribution in [1.82, 2.24) is 4.90 Å². The van der Waals surface area contributed by atoms with Gasteiger partial charge in [0.05, 0.1) is 25.0 Å². The van der Waals surface area contributed by atoms with Crippen molar-refractivity contribution < 1.29 is 19.1 Å². The maximum Gasteiger partial charge on any atom is 0.277 e. The molecule has 0 atom stereocenters. The molecule has 1 aliphatic heterocycles. The molecular weight excluding hydrogens is 368 g/mol. The van der Waals surface area contributed by atoms with Crippen LogP contribution >= 0.6 is 11.6 Å². The first kappa shape index (κ1) is 18.8. The van der Waals surface area contributed by atoms with Gasteiger partial charge in [-0.3, -0.25) is 14.5 Å². The van der Waals surface area contributed by atoms with Gasteiger partial charge in [0.25, 0.3) is 11.8 Å². The SMILES string of the molecule is CCOc1ccc(C2=C(Nc3cc(Cl)ccc3OC)C(=O)N(C)C2=O)cc1. The van der Waals surface area contributed by atoms with Gasteiger partial charge in [0.1, 0.15) is 17.2 Å². The summed E-state index contributed by atoms with van der Waals surface area (Å²) >= 11 is 6.07. The van der Waals surface area contributed by atoms with Crippen LogP contribution in [0, 0.1) is 0 Å². The zero-order valence-electron chi connectivity index (χ0n) is 15.2. The minimum absolute atomic E-state index is 0.173. The Balaban J connectivity index is 2.06. The van der Waals surface area contributed by atoms with Crippen LogP contribution in [-0.2, 0) is 9.59 Å². The number of likely N-dealkylation sites (N-methyl/N-ethyl adjacent to an activating group) is 1. The molecule has 1 aliphatic rings. The highest BCUT2D eigenvalue weighted by Crippen LogP contribution is 2.34. The van der Waals surface area contributed by atoms with Crippen LogP contribution in [0.1, 0.15) is 12.5 Å². The molecular formula is C20H19ClN2O4. The van der Waals surface area contributed by atoms with Gasteiger partial charge in [-0.1, -0.05) is 23.7 Å². The Morgan fingerprint density at radius 1 is 1.07 bits per heavy atom. The summed E-state index contributed by atoms with van der Waals surface area (Å²) in [6, 6.07) is 12.0. The Bertz CT molecular complexity index is 922. The number of hydrogen-bond donors (Lipinski definition) is 1. The smallest absolute Gasteiger partial charge is 0.277 e. The summed E-state index contributed by atoms with van der Waals surface area (Å²) in [6.45, 7) is 2.44. The molecule has 0 aliphatic carbocycles. The van der Waals surface area contributed by atoms with E-state index < -0.39 is 5.91 Å². The predicted octanol–water partition coefficient (Wildman–Crippen LogP) is 3.57. The molecule has 1 heterocycles. The lowest BCUT2D eigenvalue weighted by Crippen LogP contribution is -2.27. The van der Waals surface area contributed by atoms with Gasteiger partial charge >= 0.3 is 0 Å². The third-order valence-electron chi connectivity index (χ3n) is 4.16. The number of hydrogen-bond acceptors (Lipinski definition) is 5. The number of amides is 2. The van der Waals surface area contributed by atoms with Crippen molar-refractivity contribution in [3.8, 4) is 11.5 Å². The van der Waals surface area contributed by atoms with Gasteiger partial charge in [-0.25, -0.2) is 0 Å². The zero-order valence-corrected chi connectivity index (χ0v) is 16.0. The molecule has 6 nitrogen and oxygen atoms in total. The van der Waals surface area contributed by atoms with E-state index in [2.05, 4.69) is 5.32 Å². The average molecular weight is 387 g/mol. The summed E-state index contributed by atoms with van der Waals surface area (Å²) in [5, 5.41) is 3.51. The highest BCUT2D eigenvalue weighted by molar-refractivity contribution is 6.36. The molecule has 2 aromatic rings. The number of nitrogens with one attached hydrogen (secondary N) is 1. The molecule has 1 N–H and O–H groups in total. The molecule has 0 bridgehead atoms. The number of anilines is 1. The maximum absolute atomic E-state index is 12.7. The molecule has 3 rings (SSSR count). The Hall–Kier alpha value is -2.99. The molecule has 0 radical (unpaired) electrons. The number of ether oxygens (including phenoxy) is 2. The molecule has 0 saturated heterocycles. The van der Waals surface area contributed by atoms with Crippen molar-refractivity contribution in [2.24, 2.45) is 0 Å². The molecule has 2 amide bonds. The van der Waals surface area contributed by atoms with Crippen LogP contribution in [0.25, 0.3) is 5.57 Å². The van der Waals surface area contributed by atoms with E-state index in [1.807, 2.05) is 6.92 Å². The molecule has 0 saturated carbocycles. The normalized spacial score (nSPS) is 14.0. The number of carbonyl (C=O) groups is 2. The number of benzene rings is 2. The van der Waals surface area contributed by atoms with Gasteiger partial charge in [0.2, 0.25) is 0 Å². The standard InChI is InChI=1S/C20H19ClN2O4/c1-4-27-14-8-5-12(6-9-14)17-18(20(25)23(2)19(17)24)22-15-11-13(21)7-10-16(15)26-3/h5-11,22H,4H2,1-3H3. The molecule has 0 fully saturated rings. The Labute approximate surface area is 162 Å². The largest absolute Gasteiger partial charge is 0.495 e. The highest BCUT2D eigenvalue weighted by atomic mass is 35.5. The zero-order chi connectivity index (χ0) is 19.6. The first-order valence-corrected chi connectivity index (χ1v) is 8.74. The van der Waals surface area contributed by atoms with Crippen molar-refractivity contribution in [2.45, 2.75) is 6.92 Å². The van der Waals surface area contributed by atoms with Crippen LogP contribution in [0.2, 0.25) is 5.02 Å². The fourth-order valence-corrected chi connectivity index (χ4v) is 2.99. The van der Waals surface area contributed by atoms with Crippen LogP contribution in [-0.4, -0.2) is 37.5 Å². The lowest BCUT2D eigenvalue weighted by atomic mass is 10.0. The van der Waals surface area contributed by atoms with Gasteiger partial charge in [0, 0.05) is 12.1 Å². The number of nitrogens with zero attached hydrogens (tertiary/aromatic N) is 1. The molecule has 0 aromatic heterocycles. The minimum Gasteiger partial charge on any atom is -0.495 e. The first-order valence-electron chi connectivity index (χ1n) is 8.36.